The molecule has 1 saturated heterocycles. The largest absolute Gasteiger partial charge is 0.353 e. The van der Waals surface area contributed by atoms with Crippen LogP contribution in [0, 0.1) is 0 Å². The van der Waals surface area contributed by atoms with Gasteiger partial charge >= 0.3 is 6.55 Å². The maximum absolute atomic E-state index is 12.9. The molecule has 0 unspecified atom stereocenters. The van der Waals surface area contributed by atoms with E-state index in [1.54, 1.807) is 0 Å². The number of piperazine rings is 1. The number of nitrogens with zero attached hydrogens (tertiary/aromatic N) is 5. The third kappa shape index (κ3) is 4.04. The molecule has 5 nitrogen and oxygen atoms in total. The Morgan fingerprint density at radius 3 is 2.44 bits per heavy atom. The third-order valence-corrected chi connectivity index (χ3v) is 4.36. The maximum atomic E-state index is 12.9. The van der Waals surface area contributed by atoms with E-state index in [-0.39, 0.29) is 5.69 Å². The van der Waals surface area contributed by atoms with Crippen LogP contribution in [0.25, 0.3) is 0 Å². The van der Waals surface area contributed by atoms with Crippen molar-refractivity contribution in [3.05, 3.63) is 41.1 Å². The van der Waals surface area contributed by atoms with E-state index >= 15 is 0 Å². The summed E-state index contributed by atoms with van der Waals surface area (Å²) in [5, 5.41) is 0.311. The molecule has 0 spiro atoms. The lowest BCUT2D eigenvalue weighted by atomic mass is 10.2. The summed E-state index contributed by atoms with van der Waals surface area (Å²) in [5.41, 5.74) is -0.319. The van der Waals surface area contributed by atoms with Crippen molar-refractivity contribution in [2.75, 3.05) is 31.1 Å². The Labute approximate surface area is 146 Å². The predicted octanol–water partition coefficient (Wildman–Crippen LogP) is 3.59. The zero-order chi connectivity index (χ0) is 18.0. The van der Waals surface area contributed by atoms with Gasteiger partial charge in [0, 0.05) is 38.6 Å². The van der Waals surface area contributed by atoms with Crippen molar-refractivity contribution in [1.29, 1.82) is 0 Å². The van der Waals surface area contributed by atoms with Crippen LogP contribution >= 0.6 is 11.6 Å². The molecule has 0 saturated carbocycles. The summed E-state index contributed by atoms with van der Waals surface area (Å²) in [6, 6.07) is 2.62. The van der Waals surface area contributed by atoms with E-state index in [0.717, 1.165) is 4.57 Å². The van der Waals surface area contributed by atoms with E-state index < -0.39 is 13.0 Å². The third-order valence-electron chi connectivity index (χ3n) is 4.07. The Morgan fingerprint density at radius 2 is 1.80 bits per heavy atom. The minimum absolute atomic E-state index is 0.291. The summed E-state index contributed by atoms with van der Waals surface area (Å²) in [6.07, 6.45) is -0.0712. The number of rotatable bonds is 5. The maximum Gasteiger partial charge on any atom is 0.319 e. The van der Waals surface area contributed by atoms with Gasteiger partial charge in [-0.2, -0.15) is 8.78 Å². The molecule has 2 aromatic rings. The van der Waals surface area contributed by atoms with Gasteiger partial charge in [0.05, 0.1) is 11.6 Å². The normalized spacial score (nSPS) is 16.2. The fourth-order valence-electron chi connectivity index (χ4n) is 2.75. The number of pyridine rings is 1. The quantitative estimate of drug-likeness (QED) is 0.746. The highest BCUT2D eigenvalue weighted by atomic mass is 35.5. The van der Waals surface area contributed by atoms with E-state index in [9.17, 15) is 17.6 Å². The second-order valence-corrected chi connectivity index (χ2v) is 6.04. The molecule has 0 bridgehead atoms. The highest BCUT2D eigenvalue weighted by molar-refractivity contribution is 6.32. The number of hydrogen-bond donors (Lipinski definition) is 0. The number of alkyl halides is 4. The Hall–Kier alpha value is -1.87. The van der Waals surface area contributed by atoms with Crippen molar-refractivity contribution in [1.82, 2.24) is 19.4 Å². The van der Waals surface area contributed by atoms with Crippen molar-refractivity contribution < 1.29 is 17.6 Å². The predicted molar refractivity (Wildman–Crippen MR) is 85.2 cm³/mol. The molecule has 3 rings (SSSR count). The van der Waals surface area contributed by atoms with Crippen molar-refractivity contribution in [3.8, 4) is 0 Å². The fraction of sp³-hybridized carbons (Fsp3) is 0.467. The lowest BCUT2D eigenvalue weighted by molar-refractivity contribution is 0.0636. The average Bonchev–Trinajstić information content (AvgIpc) is 3.04. The van der Waals surface area contributed by atoms with Gasteiger partial charge in [0.15, 0.2) is 0 Å². The van der Waals surface area contributed by atoms with E-state index in [0.29, 0.717) is 49.4 Å². The lowest BCUT2D eigenvalue weighted by Crippen LogP contribution is -2.46. The summed E-state index contributed by atoms with van der Waals surface area (Å²) < 4.78 is 52.2. The second kappa shape index (κ2) is 7.57. The molecule has 3 heterocycles. The number of halogens is 5. The van der Waals surface area contributed by atoms with Gasteiger partial charge in [-0.1, -0.05) is 11.6 Å². The molecule has 0 aliphatic carbocycles. The van der Waals surface area contributed by atoms with Gasteiger partial charge < -0.3 is 4.90 Å². The molecule has 0 N–H and O–H groups in total. The molecule has 1 fully saturated rings. The molecule has 0 amide bonds. The Balaban J connectivity index is 1.64. The molecular weight excluding hydrogens is 362 g/mol. The van der Waals surface area contributed by atoms with Gasteiger partial charge in [-0.25, -0.2) is 18.7 Å². The van der Waals surface area contributed by atoms with Crippen LogP contribution < -0.4 is 4.90 Å². The van der Waals surface area contributed by atoms with Gasteiger partial charge in [-0.15, -0.1) is 0 Å². The van der Waals surface area contributed by atoms with E-state index in [4.69, 9.17) is 11.6 Å². The monoisotopic (exact) mass is 377 g/mol. The van der Waals surface area contributed by atoms with Crippen LogP contribution in [0.4, 0.5) is 23.4 Å². The molecule has 10 heteroatoms. The van der Waals surface area contributed by atoms with E-state index in [2.05, 4.69) is 9.97 Å². The molecule has 25 heavy (non-hydrogen) atoms. The van der Waals surface area contributed by atoms with Crippen molar-refractivity contribution >= 4 is 17.4 Å². The van der Waals surface area contributed by atoms with Gasteiger partial charge in [-0.05, 0) is 12.1 Å². The topological polar surface area (TPSA) is 37.2 Å². The fourth-order valence-corrected chi connectivity index (χ4v) is 2.98. The Morgan fingerprint density at radius 1 is 1.08 bits per heavy atom. The Bertz CT molecular complexity index is 716. The first kappa shape index (κ1) is 17.9. The minimum Gasteiger partial charge on any atom is -0.353 e. The molecule has 0 aromatic carbocycles. The number of aromatic nitrogens is 3. The van der Waals surface area contributed by atoms with E-state index in [1.165, 1.54) is 24.5 Å². The molecule has 1 aliphatic heterocycles. The van der Waals surface area contributed by atoms with Crippen molar-refractivity contribution in [2.45, 2.75) is 19.5 Å². The van der Waals surface area contributed by atoms with Gasteiger partial charge in [0.25, 0.3) is 6.43 Å². The van der Waals surface area contributed by atoms with Crippen molar-refractivity contribution in [2.24, 2.45) is 0 Å². The summed E-state index contributed by atoms with van der Waals surface area (Å²) in [6.45, 7) is -0.188. The van der Waals surface area contributed by atoms with E-state index in [1.807, 2.05) is 9.80 Å². The number of anilines is 1. The highest BCUT2D eigenvalue weighted by Crippen LogP contribution is 2.28. The average molecular weight is 378 g/mol. The first-order chi connectivity index (χ1) is 12.0. The van der Waals surface area contributed by atoms with Gasteiger partial charge in [0.2, 0.25) is 0 Å². The zero-order valence-electron chi connectivity index (χ0n) is 13.1. The smallest absolute Gasteiger partial charge is 0.319 e. The second-order valence-electron chi connectivity index (χ2n) is 5.63. The zero-order valence-corrected chi connectivity index (χ0v) is 13.9. The highest BCUT2D eigenvalue weighted by Gasteiger charge is 2.23. The van der Waals surface area contributed by atoms with Crippen LogP contribution in [0.3, 0.4) is 0 Å². The SMILES string of the molecule is FC(F)c1ccc(Cl)c(N2CCN(Cc3nccn3C(F)F)CC2)n1. The molecular formula is C15H16ClF4N5. The van der Waals surface area contributed by atoms with Crippen LogP contribution in [0.1, 0.15) is 24.5 Å². The van der Waals surface area contributed by atoms with Crippen LogP contribution in [-0.4, -0.2) is 45.6 Å². The van der Waals surface area contributed by atoms with Crippen LogP contribution in [0.15, 0.2) is 24.5 Å². The lowest BCUT2D eigenvalue weighted by Gasteiger charge is -2.35. The number of hydrogen-bond acceptors (Lipinski definition) is 4. The first-order valence-corrected chi connectivity index (χ1v) is 8.05. The molecule has 136 valence electrons. The van der Waals surface area contributed by atoms with Crippen LogP contribution in [-0.2, 0) is 6.54 Å². The van der Waals surface area contributed by atoms with Crippen LogP contribution in [0.5, 0.6) is 0 Å². The molecule has 1 aliphatic rings. The molecule has 0 atom stereocenters. The number of imidazole rings is 1. The summed E-state index contributed by atoms with van der Waals surface area (Å²) in [7, 11) is 0. The first-order valence-electron chi connectivity index (χ1n) is 7.67. The molecule has 0 radical (unpaired) electrons. The van der Waals surface area contributed by atoms with Gasteiger partial charge in [0.1, 0.15) is 17.3 Å². The summed E-state index contributed by atoms with van der Waals surface area (Å²) in [4.78, 5) is 11.7. The van der Waals surface area contributed by atoms with Crippen molar-refractivity contribution in [3.63, 3.8) is 0 Å². The Kier molecular flexibility index (Phi) is 5.43. The van der Waals surface area contributed by atoms with Gasteiger partial charge in [-0.3, -0.25) is 9.47 Å². The van der Waals surface area contributed by atoms with Crippen LogP contribution in [0.2, 0.25) is 5.02 Å². The summed E-state index contributed by atoms with van der Waals surface area (Å²) >= 11 is 6.08. The summed E-state index contributed by atoms with van der Waals surface area (Å²) in [5.74, 6) is 0.618. The molecule has 2 aromatic heterocycles. The minimum atomic E-state index is -2.66. The standard InChI is InChI=1S/C15H16ClF4N5/c16-10-1-2-11(13(17)18)22-14(10)24-7-5-23(6-8-24)9-12-21-3-4-25(12)15(19)20/h1-4,13,15H,5-9H2.